The molecule has 4 nitrogen and oxygen atoms in total. The van der Waals surface area contributed by atoms with Crippen LogP contribution in [0.1, 0.15) is 44.3 Å². The zero-order valence-electron chi connectivity index (χ0n) is 11.8. The summed E-state index contributed by atoms with van der Waals surface area (Å²) in [6.07, 6.45) is 11.2. The van der Waals surface area contributed by atoms with E-state index in [0.717, 1.165) is 25.2 Å². The van der Waals surface area contributed by atoms with Crippen LogP contribution in [-0.2, 0) is 11.3 Å². The minimum Gasteiger partial charge on any atom is -0.349 e. The van der Waals surface area contributed by atoms with E-state index >= 15 is 0 Å². The van der Waals surface area contributed by atoms with Crippen LogP contribution in [0.4, 0.5) is 0 Å². The van der Waals surface area contributed by atoms with Crippen molar-refractivity contribution in [1.29, 1.82) is 0 Å². The number of aromatic nitrogens is 2. The Balaban J connectivity index is 1.96. The van der Waals surface area contributed by atoms with Gasteiger partial charge in [0.05, 0.1) is 0 Å². The number of nitrogens with zero attached hydrogens (tertiary/aromatic N) is 3. The van der Waals surface area contributed by atoms with E-state index in [1.807, 2.05) is 27.2 Å². The summed E-state index contributed by atoms with van der Waals surface area (Å²) in [5.41, 5.74) is 0. The number of hydrogen-bond donors (Lipinski definition) is 0. The first-order chi connectivity index (χ1) is 8.61. The number of imidazole rings is 1. The van der Waals surface area contributed by atoms with Gasteiger partial charge in [0, 0.05) is 33.3 Å². The lowest BCUT2D eigenvalue weighted by Gasteiger charge is -2.09. The summed E-state index contributed by atoms with van der Waals surface area (Å²) < 4.78 is 2.13. The summed E-state index contributed by atoms with van der Waals surface area (Å²) in [5.74, 6) is 1.27. The number of rotatable bonds is 8. The van der Waals surface area contributed by atoms with E-state index in [1.165, 1.54) is 19.3 Å². The molecule has 0 fully saturated rings. The van der Waals surface area contributed by atoms with Crippen LogP contribution in [0.15, 0.2) is 6.20 Å². The summed E-state index contributed by atoms with van der Waals surface area (Å²) in [7, 11) is 3.62. The van der Waals surface area contributed by atoms with Gasteiger partial charge < -0.3 is 9.47 Å². The van der Waals surface area contributed by atoms with E-state index in [-0.39, 0.29) is 5.91 Å². The van der Waals surface area contributed by atoms with Crippen molar-refractivity contribution in [2.75, 3.05) is 14.1 Å². The molecule has 0 unspecified atom stereocenters. The van der Waals surface area contributed by atoms with Crippen molar-refractivity contribution in [3.8, 4) is 0 Å². The van der Waals surface area contributed by atoms with Crippen LogP contribution in [0, 0.1) is 13.1 Å². The van der Waals surface area contributed by atoms with Gasteiger partial charge in [-0.25, -0.2) is 4.98 Å². The summed E-state index contributed by atoms with van der Waals surface area (Å²) in [6.45, 7) is 3.03. The number of aryl methyl sites for hydroxylation is 2. The van der Waals surface area contributed by atoms with Crippen molar-refractivity contribution in [3.63, 3.8) is 0 Å². The Morgan fingerprint density at radius 3 is 2.56 bits per heavy atom. The molecule has 1 rings (SSSR count). The molecule has 1 aromatic heterocycles. The highest BCUT2D eigenvalue weighted by atomic mass is 16.2. The van der Waals surface area contributed by atoms with E-state index < -0.39 is 0 Å². The maximum atomic E-state index is 11.3. The van der Waals surface area contributed by atoms with Crippen molar-refractivity contribution < 1.29 is 4.79 Å². The predicted molar refractivity (Wildman–Crippen MR) is 72.2 cm³/mol. The molecule has 0 aliphatic carbocycles. The Kier molecular flexibility index (Phi) is 6.47. The summed E-state index contributed by atoms with van der Waals surface area (Å²) in [5, 5.41) is 0. The molecule has 1 amide bonds. The zero-order valence-corrected chi connectivity index (χ0v) is 11.8. The van der Waals surface area contributed by atoms with Gasteiger partial charge in [0.15, 0.2) is 0 Å². The maximum Gasteiger partial charge on any atom is 0.222 e. The van der Waals surface area contributed by atoms with Crippen molar-refractivity contribution in [3.05, 3.63) is 18.2 Å². The second-order valence-corrected chi connectivity index (χ2v) is 4.92. The second kappa shape index (κ2) is 7.90. The van der Waals surface area contributed by atoms with Gasteiger partial charge >= 0.3 is 0 Å². The van der Waals surface area contributed by atoms with Gasteiger partial charge in [-0.2, -0.15) is 0 Å². The molecule has 0 N–H and O–H groups in total. The van der Waals surface area contributed by atoms with E-state index in [4.69, 9.17) is 0 Å². The second-order valence-electron chi connectivity index (χ2n) is 4.92. The third kappa shape index (κ3) is 5.34. The largest absolute Gasteiger partial charge is 0.349 e. The molecule has 0 saturated heterocycles. The highest BCUT2D eigenvalue weighted by Crippen LogP contribution is 2.08. The summed E-state index contributed by atoms with van der Waals surface area (Å²) in [4.78, 5) is 17.1. The van der Waals surface area contributed by atoms with Crippen molar-refractivity contribution in [2.24, 2.45) is 0 Å². The first-order valence-corrected chi connectivity index (χ1v) is 6.71. The Morgan fingerprint density at radius 2 is 1.94 bits per heavy atom. The van der Waals surface area contributed by atoms with Crippen LogP contribution in [0.2, 0.25) is 0 Å². The van der Waals surface area contributed by atoms with Gasteiger partial charge in [0.2, 0.25) is 5.91 Å². The molecule has 0 spiro atoms. The average Bonchev–Trinajstić information content (AvgIpc) is 2.73. The number of carbonyl (C=O) groups is 1. The molecule has 1 heterocycles. The average molecular weight is 250 g/mol. The van der Waals surface area contributed by atoms with Gasteiger partial charge in [0.25, 0.3) is 0 Å². The molecule has 0 aliphatic heterocycles. The molecular formula is C14H24N3O. The number of amides is 1. The number of carbonyl (C=O) groups excluding carboxylic acids is 1. The van der Waals surface area contributed by atoms with E-state index in [1.54, 1.807) is 4.90 Å². The minimum atomic E-state index is 0.236. The minimum absolute atomic E-state index is 0.236. The van der Waals surface area contributed by atoms with Crippen LogP contribution in [0.25, 0.3) is 0 Å². The molecule has 0 bridgehead atoms. The molecule has 18 heavy (non-hydrogen) atoms. The molecule has 1 radical (unpaired) electrons. The van der Waals surface area contributed by atoms with E-state index in [9.17, 15) is 4.79 Å². The Bertz CT molecular complexity index is 358. The SMILES string of the molecule is Cc1n[c]cn1CCCCCCCC(=O)N(C)C. The number of hydrogen-bond acceptors (Lipinski definition) is 2. The summed E-state index contributed by atoms with van der Waals surface area (Å²) >= 11 is 0. The van der Waals surface area contributed by atoms with Crippen LogP contribution in [0.3, 0.4) is 0 Å². The molecule has 0 saturated carbocycles. The van der Waals surface area contributed by atoms with Crippen molar-refractivity contribution in [1.82, 2.24) is 14.5 Å². The van der Waals surface area contributed by atoms with Crippen molar-refractivity contribution in [2.45, 2.75) is 52.0 Å². The van der Waals surface area contributed by atoms with Gasteiger partial charge in [-0.3, -0.25) is 4.79 Å². The van der Waals surface area contributed by atoms with Gasteiger partial charge in [-0.05, 0) is 19.8 Å². The normalized spacial score (nSPS) is 10.6. The Labute approximate surface area is 110 Å². The van der Waals surface area contributed by atoms with E-state index in [0.29, 0.717) is 6.42 Å². The lowest BCUT2D eigenvalue weighted by molar-refractivity contribution is -0.128. The van der Waals surface area contributed by atoms with E-state index in [2.05, 4.69) is 15.7 Å². The lowest BCUT2D eigenvalue weighted by Crippen LogP contribution is -2.20. The lowest BCUT2D eigenvalue weighted by atomic mass is 10.1. The predicted octanol–water partition coefficient (Wildman–Crippen LogP) is 2.42. The van der Waals surface area contributed by atoms with Gasteiger partial charge in [-0.15, -0.1) is 0 Å². The van der Waals surface area contributed by atoms with Crippen LogP contribution in [-0.4, -0.2) is 34.5 Å². The molecule has 101 valence electrons. The highest BCUT2D eigenvalue weighted by molar-refractivity contribution is 5.75. The first-order valence-electron chi connectivity index (χ1n) is 6.71. The Morgan fingerprint density at radius 1 is 1.28 bits per heavy atom. The fourth-order valence-corrected chi connectivity index (χ4v) is 1.89. The molecule has 0 aromatic carbocycles. The zero-order chi connectivity index (χ0) is 13.4. The molecule has 0 aliphatic rings. The topological polar surface area (TPSA) is 38.1 Å². The van der Waals surface area contributed by atoms with Crippen LogP contribution < -0.4 is 0 Å². The third-order valence-electron chi connectivity index (χ3n) is 3.14. The standard InChI is InChI=1S/C14H24N3O/c1-13-15-10-12-17(13)11-8-6-4-5-7-9-14(18)16(2)3/h12H,4-9,11H2,1-3H3. The fraction of sp³-hybridized carbons (Fsp3) is 0.714. The quantitative estimate of drug-likeness (QED) is 0.665. The monoisotopic (exact) mass is 250 g/mol. The maximum absolute atomic E-state index is 11.3. The molecule has 4 heteroatoms. The molecular weight excluding hydrogens is 226 g/mol. The summed E-state index contributed by atoms with van der Waals surface area (Å²) in [6, 6.07) is 0. The fourth-order valence-electron chi connectivity index (χ4n) is 1.89. The van der Waals surface area contributed by atoms with Crippen LogP contribution in [0.5, 0.6) is 0 Å². The Hall–Kier alpha value is -1.32. The van der Waals surface area contributed by atoms with Crippen molar-refractivity contribution >= 4 is 5.91 Å². The van der Waals surface area contributed by atoms with Crippen LogP contribution >= 0.6 is 0 Å². The third-order valence-corrected chi connectivity index (χ3v) is 3.14. The molecule has 0 atom stereocenters. The highest BCUT2D eigenvalue weighted by Gasteiger charge is 2.02. The smallest absolute Gasteiger partial charge is 0.222 e. The number of unbranched alkanes of at least 4 members (excludes halogenated alkanes) is 4. The van der Waals surface area contributed by atoms with Gasteiger partial charge in [0.1, 0.15) is 12.0 Å². The molecule has 1 aromatic rings. The first kappa shape index (κ1) is 14.7. The van der Waals surface area contributed by atoms with Gasteiger partial charge in [-0.1, -0.05) is 19.3 Å².